The highest BCUT2D eigenvalue weighted by molar-refractivity contribution is 6.05. The Kier molecular flexibility index (Phi) is 6.75. The third kappa shape index (κ3) is 4.37. The van der Waals surface area contributed by atoms with Crippen LogP contribution in [0.25, 0.3) is 11.6 Å². The zero-order valence-electron chi connectivity index (χ0n) is 20.6. The summed E-state index contributed by atoms with van der Waals surface area (Å²) in [7, 11) is 1.59. The number of nitrogens with zero attached hydrogens (tertiary/aromatic N) is 2. The molecule has 5 rings (SSSR count). The van der Waals surface area contributed by atoms with E-state index in [1.54, 1.807) is 19.3 Å². The van der Waals surface area contributed by atoms with Crippen molar-refractivity contribution in [2.24, 2.45) is 17.8 Å². The minimum Gasteiger partial charge on any atom is -0.505 e. The van der Waals surface area contributed by atoms with E-state index in [1.165, 1.54) is 28.2 Å². The predicted octanol–water partition coefficient (Wildman–Crippen LogP) is 4.99. The molecule has 2 amide bonds. The lowest BCUT2D eigenvalue weighted by molar-refractivity contribution is -0.138. The van der Waals surface area contributed by atoms with E-state index in [0.29, 0.717) is 31.4 Å². The summed E-state index contributed by atoms with van der Waals surface area (Å²) in [6.07, 6.45) is 7.33. The van der Waals surface area contributed by atoms with E-state index >= 15 is 0 Å². The van der Waals surface area contributed by atoms with Crippen molar-refractivity contribution in [3.8, 4) is 5.75 Å². The third-order valence-electron chi connectivity index (χ3n) is 7.76. The number of pyridine rings is 1. The molecule has 7 heteroatoms. The minimum absolute atomic E-state index is 0.0508. The first-order valence-corrected chi connectivity index (χ1v) is 12.6. The predicted molar refractivity (Wildman–Crippen MR) is 134 cm³/mol. The highest BCUT2D eigenvalue weighted by Crippen LogP contribution is 2.50. The fourth-order valence-corrected chi connectivity index (χ4v) is 6.10. The van der Waals surface area contributed by atoms with Crippen LogP contribution >= 0.6 is 0 Å². The lowest BCUT2D eigenvalue weighted by Gasteiger charge is -2.32. The van der Waals surface area contributed by atoms with Crippen LogP contribution in [0.15, 0.2) is 53.7 Å². The van der Waals surface area contributed by atoms with Crippen LogP contribution in [0.4, 0.5) is 4.39 Å². The number of fused-ring (bicyclic) bond motifs is 3. The number of halogens is 1. The lowest BCUT2D eigenvalue weighted by Crippen LogP contribution is -2.34. The molecule has 2 saturated heterocycles. The van der Waals surface area contributed by atoms with Crippen LogP contribution < -0.4 is 0 Å². The second-order valence-electron chi connectivity index (χ2n) is 9.94. The molecule has 6 nitrogen and oxygen atoms in total. The highest BCUT2D eigenvalue weighted by atomic mass is 19.1. The Hall–Kier alpha value is -3.32. The summed E-state index contributed by atoms with van der Waals surface area (Å²) in [5.41, 5.74) is 4.86. The largest absolute Gasteiger partial charge is 0.505 e. The van der Waals surface area contributed by atoms with Crippen LogP contribution in [0.5, 0.6) is 5.75 Å². The normalized spacial score (nSPS) is 26.0. The zero-order chi connectivity index (χ0) is 25.4. The van der Waals surface area contributed by atoms with Crippen molar-refractivity contribution >= 4 is 23.5 Å². The van der Waals surface area contributed by atoms with E-state index in [4.69, 9.17) is 4.74 Å². The Labute approximate surface area is 210 Å². The summed E-state index contributed by atoms with van der Waals surface area (Å²) in [5.74, 6) is -1.85. The molecule has 3 heterocycles. The molecule has 3 aliphatic rings. The molecule has 1 aromatic heterocycles. The molecule has 188 valence electrons. The van der Waals surface area contributed by atoms with Crippen molar-refractivity contribution in [1.29, 1.82) is 0 Å². The second-order valence-corrected chi connectivity index (χ2v) is 9.94. The molecule has 0 spiro atoms. The number of allylic oxidation sites excluding steroid dienone is 2. The summed E-state index contributed by atoms with van der Waals surface area (Å²) < 4.78 is 20.3. The first-order valence-electron chi connectivity index (χ1n) is 12.6. The number of phenolic OH excluding ortho intramolecular Hbond substituents is 1. The molecule has 1 aromatic carbocycles. The smallest absolute Gasteiger partial charge is 0.233 e. The minimum atomic E-state index is -0.669. The third-order valence-corrected chi connectivity index (χ3v) is 7.76. The molecule has 0 unspecified atom stereocenters. The first kappa shape index (κ1) is 24.4. The quantitative estimate of drug-likeness (QED) is 0.437. The van der Waals surface area contributed by atoms with Gasteiger partial charge in [-0.3, -0.25) is 19.5 Å². The van der Waals surface area contributed by atoms with E-state index in [1.807, 2.05) is 24.3 Å². The van der Waals surface area contributed by atoms with Gasteiger partial charge in [-0.25, -0.2) is 4.39 Å². The standard InChI is InChI=1S/C29H31FN2O4/c1-3-6-19-15-20-27(29(35)32(2)28(20)34)21-16-36-25(26(19)21)11-9-18(23-7-4-5-12-31-23)13-17-8-10-24(33)22(30)14-17/h4-5,7-8,10,12-14,20-21,25,27,33H,3,6,9,11,15-16H2,1-2H3/b18-13-/t20-,21+,25-,27-/m1/s1. The fourth-order valence-electron chi connectivity index (χ4n) is 6.10. The number of rotatable bonds is 7. The highest BCUT2D eigenvalue weighted by Gasteiger charge is 2.55. The molecule has 2 fully saturated rings. The van der Waals surface area contributed by atoms with Crippen molar-refractivity contribution in [1.82, 2.24) is 9.88 Å². The molecule has 0 bridgehead atoms. The molecule has 4 atom stereocenters. The van der Waals surface area contributed by atoms with E-state index in [-0.39, 0.29) is 41.4 Å². The van der Waals surface area contributed by atoms with E-state index < -0.39 is 5.82 Å². The zero-order valence-corrected chi connectivity index (χ0v) is 20.6. The topological polar surface area (TPSA) is 79.7 Å². The van der Waals surface area contributed by atoms with Crippen LogP contribution in [-0.2, 0) is 14.3 Å². The summed E-state index contributed by atoms with van der Waals surface area (Å²) in [6, 6.07) is 10.0. The molecular formula is C29H31FN2O4. The fraction of sp³-hybridized carbons (Fsp3) is 0.414. The Morgan fingerprint density at radius 2 is 2.06 bits per heavy atom. The maximum Gasteiger partial charge on any atom is 0.233 e. The number of benzene rings is 1. The SMILES string of the molecule is CCCC1=C2[C@@H](CC/C(=C/c3ccc(O)c(F)c3)c3ccccn3)OC[C@@H]2[C@@H]2C(=O)N(C)C(=O)[C@@H]2C1. The number of ether oxygens (including phenoxy) is 1. The number of phenols is 1. The maximum atomic E-state index is 14.0. The van der Waals surface area contributed by atoms with Gasteiger partial charge in [0, 0.05) is 19.2 Å². The number of carbonyl (C=O) groups is 2. The lowest BCUT2D eigenvalue weighted by atomic mass is 9.68. The van der Waals surface area contributed by atoms with Gasteiger partial charge in [0.15, 0.2) is 11.6 Å². The van der Waals surface area contributed by atoms with Gasteiger partial charge in [0.1, 0.15) is 0 Å². The summed E-state index contributed by atoms with van der Waals surface area (Å²) in [5, 5.41) is 9.56. The van der Waals surface area contributed by atoms with Crippen LogP contribution in [0.2, 0.25) is 0 Å². The van der Waals surface area contributed by atoms with Gasteiger partial charge in [-0.15, -0.1) is 0 Å². The van der Waals surface area contributed by atoms with Gasteiger partial charge in [0.05, 0.1) is 30.2 Å². The number of amides is 2. The number of hydrogen-bond acceptors (Lipinski definition) is 5. The molecule has 2 aromatic rings. The van der Waals surface area contributed by atoms with Gasteiger partial charge in [0.25, 0.3) is 0 Å². The maximum absolute atomic E-state index is 14.0. The molecule has 0 saturated carbocycles. The Balaban J connectivity index is 1.43. The number of aromatic nitrogens is 1. The number of aromatic hydroxyl groups is 1. The van der Waals surface area contributed by atoms with Gasteiger partial charge < -0.3 is 9.84 Å². The van der Waals surface area contributed by atoms with Gasteiger partial charge >= 0.3 is 0 Å². The van der Waals surface area contributed by atoms with E-state index in [9.17, 15) is 19.1 Å². The summed E-state index contributed by atoms with van der Waals surface area (Å²) >= 11 is 0. The van der Waals surface area contributed by atoms with Crippen molar-refractivity contribution in [3.63, 3.8) is 0 Å². The van der Waals surface area contributed by atoms with Crippen LogP contribution in [-0.4, -0.2) is 46.6 Å². The molecule has 1 aliphatic carbocycles. The number of imide groups is 1. The molecule has 2 aliphatic heterocycles. The van der Waals surface area contributed by atoms with Crippen molar-refractivity contribution in [3.05, 3.63) is 70.8 Å². The van der Waals surface area contributed by atoms with Gasteiger partial charge in [0.2, 0.25) is 11.8 Å². The van der Waals surface area contributed by atoms with Crippen molar-refractivity contribution in [2.45, 2.75) is 45.1 Å². The monoisotopic (exact) mass is 490 g/mol. The van der Waals surface area contributed by atoms with E-state index in [2.05, 4.69) is 11.9 Å². The number of hydrogen-bond donors (Lipinski definition) is 1. The molecular weight excluding hydrogens is 459 g/mol. The number of likely N-dealkylation sites (tertiary alicyclic amines) is 1. The summed E-state index contributed by atoms with van der Waals surface area (Å²) in [6.45, 7) is 2.58. The Morgan fingerprint density at radius 3 is 2.78 bits per heavy atom. The van der Waals surface area contributed by atoms with Crippen molar-refractivity contribution in [2.75, 3.05) is 13.7 Å². The van der Waals surface area contributed by atoms with Crippen LogP contribution in [0, 0.1) is 23.6 Å². The van der Waals surface area contributed by atoms with Gasteiger partial charge in [-0.2, -0.15) is 0 Å². The Bertz CT molecular complexity index is 1240. The molecule has 0 radical (unpaired) electrons. The molecule has 36 heavy (non-hydrogen) atoms. The molecule has 1 N–H and O–H groups in total. The van der Waals surface area contributed by atoms with Crippen molar-refractivity contribution < 1.29 is 23.8 Å². The average molecular weight is 491 g/mol. The summed E-state index contributed by atoms with van der Waals surface area (Å²) in [4.78, 5) is 31.5. The average Bonchev–Trinajstić information content (AvgIpc) is 3.40. The Morgan fingerprint density at radius 1 is 1.22 bits per heavy atom. The van der Waals surface area contributed by atoms with E-state index in [0.717, 1.165) is 24.1 Å². The van der Waals surface area contributed by atoms with Gasteiger partial charge in [-0.1, -0.05) is 31.1 Å². The van der Waals surface area contributed by atoms with Crippen LogP contribution in [0.1, 0.15) is 50.3 Å². The second kappa shape index (κ2) is 9.97. The van der Waals surface area contributed by atoms with Gasteiger partial charge in [-0.05, 0) is 72.7 Å². The van der Waals surface area contributed by atoms with Crippen LogP contribution in [0.3, 0.4) is 0 Å². The first-order chi connectivity index (χ1) is 17.4. The number of carbonyl (C=O) groups excluding carboxylic acids is 2.